The molecule has 0 aliphatic heterocycles. The van der Waals surface area contributed by atoms with Gasteiger partial charge in [-0.1, -0.05) is 0 Å². The van der Waals surface area contributed by atoms with E-state index in [4.69, 9.17) is 4.74 Å². The van der Waals surface area contributed by atoms with Crippen LogP contribution in [0.3, 0.4) is 0 Å². The van der Waals surface area contributed by atoms with Crippen LogP contribution in [-0.2, 0) is 4.74 Å². The molecule has 0 saturated carbocycles. The molecule has 0 radical (unpaired) electrons. The Morgan fingerprint density at radius 3 is 2.54 bits per heavy atom. The summed E-state index contributed by atoms with van der Waals surface area (Å²) < 4.78 is 6.77. The van der Waals surface area contributed by atoms with Gasteiger partial charge < -0.3 is 10.1 Å². The van der Waals surface area contributed by atoms with Gasteiger partial charge in [-0.3, -0.25) is 15.4 Å². The van der Waals surface area contributed by atoms with Crippen LogP contribution in [0.15, 0.2) is 61.1 Å². The number of pyridine rings is 1. The van der Waals surface area contributed by atoms with Gasteiger partial charge in [0.15, 0.2) is 5.82 Å². The first-order valence-corrected chi connectivity index (χ1v) is 11.3. The second kappa shape index (κ2) is 10.1. The fourth-order valence-corrected chi connectivity index (χ4v) is 4.52. The van der Waals surface area contributed by atoms with Crippen molar-refractivity contribution < 1.29 is 19.2 Å². The molecule has 0 aliphatic carbocycles. The van der Waals surface area contributed by atoms with Crippen molar-refractivity contribution in [2.45, 2.75) is 13.8 Å². The molecular formula is C23H20N6O5S. The number of nitro benzene ring substituents is 1. The van der Waals surface area contributed by atoms with Crippen LogP contribution < -0.4 is 10.6 Å². The van der Waals surface area contributed by atoms with E-state index in [2.05, 4.69) is 20.7 Å². The van der Waals surface area contributed by atoms with E-state index in [1.54, 1.807) is 61.3 Å². The molecule has 11 nitrogen and oxygen atoms in total. The van der Waals surface area contributed by atoms with E-state index in [0.717, 1.165) is 0 Å². The molecule has 0 atom stereocenters. The molecule has 0 fully saturated rings. The Morgan fingerprint density at radius 2 is 1.94 bits per heavy atom. The van der Waals surface area contributed by atoms with E-state index in [9.17, 15) is 19.7 Å². The molecule has 0 spiro atoms. The fourth-order valence-electron chi connectivity index (χ4n) is 3.33. The third-order valence-electron chi connectivity index (χ3n) is 4.94. The number of esters is 1. The van der Waals surface area contributed by atoms with Crippen LogP contribution in [-0.4, -0.2) is 38.3 Å². The summed E-state index contributed by atoms with van der Waals surface area (Å²) in [6.45, 7) is 3.60. The number of hydrogen-bond acceptors (Lipinski definition) is 8. The molecular weight excluding hydrogens is 472 g/mol. The average Bonchev–Trinajstić information content (AvgIpc) is 3.48. The highest BCUT2D eigenvalue weighted by Gasteiger charge is 2.24. The first kappa shape index (κ1) is 23.6. The third kappa shape index (κ3) is 5.17. The molecule has 3 heterocycles. The number of carbonyl (C=O) groups is 2. The number of thiophene rings is 1. The monoisotopic (exact) mass is 492 g/mol. The maximum atomic E-state index is 12.7. The SMILES string of the molecule is CCOC(=O)c1c(NC(=O)Nc2ccc(-n3cccn3)nc2)sc(-c2ccc([N+](=O)[O-])cc2)c1C. The predicted octanol–water partition coefficient (Wildman–Crippen LogP) is 5.03. The molecule has 178 valence electrons. The van der Waals surface area contributed by atoms with Crippen molar-refractivity contribution in [2.75, 3.05) is 17.2 Å². The fraction of sp³-hybridized carbons (Fsp3) is 0.130. The summed E-state index contributed by atoms with van der Waals surface area (Å²) in [6.07, 6.45) is 4.88. The number of carbonyl (C=O) groups excluding carboxylic acids is 2. The molecule has 2 amide bonds. The largest absolute Gasteiger partial charge is 0.462 e. The quantitative estimate of drug-likeness (QED) is 0.209. The van der Waals surface area contributed by atoms with Crippen molar-refractivity contribution in [3.05, 3.63) is 82.3 Å². The van der Waals surface area contributed by atoms with Gasteiger partial charge in [-0.25, -0.2) is 19.3 Å². The van der Waals surface area contributed by atoms with Gasteiger partial charge >= 0.3 is 12.0 Å². The Morgan fingerprint density at radius 1 is 1.17 bits per heavy atom. The lowest BCUT2D eigenvalue weighted by Crippen LogP contribution is -2.20. The predicted molar refractivity (Wildman–Crippen MR) is 131 cm³/mol. The Balaban J connectivity index is 1.57. The summed E-state index contributed by atoms with van der Waals surface area (Å²) in [4.78, 5) is 40.8. The number of hydrogen-bond donors (Lipinski definition) is 2. The first-order valence-electron chi connectivity index (χ1n) is 10.5. The number of urea groups is 1. The number of benzene rings is 1. The number of nitrogens with one attached hydrogen (secondary N) is 2. The first-order chi connectivity index (χ1) is 16.9. The Hall–Kier alpha value is -4.58. The molecule has 4 rings (SSSR count). The number of aromatic nitrogens is 3. The van der Waals surface area contributed by atoms with Gasteiger partial charge in [-0.15, -0.1) is 11.3 Å². The smallest absolute Gasteiger partial charge is 0.341 e. The number of rotatable bonds is 7. The summed E-state index contributed by atoms with van der Waals surface area (Å²) in [6, 6.07) is 10.6. The number of anilines is 2. The number of non-ortho nitro benzene ring substituents is 1. The molecule has 2 N–H and O–H groups in total. The van der Waals surface area contributed by atoms with Crippen LogP contribution in [0.25, 0.3) is 16.3 Å². The minimum atomic E-state index is -0.574. The minimum absolute atomic E-state index is 0.0431. The number of nitro groups is 1. The van der Waals surface area contributed by atoms with Gasteiger partial charge in [0.05, 0.1) is 29.0 Å². The maximum Gasteiger partial charge on any atom is 0.341 e. The van der Waals surface area contributed by atoms with Crippen molar-refractivity contribution in [3.8, 4) is 16.3 Å². The zero-order valence-corrected chi connectivity index (χ0v) is 19.5. The molecule has 3 aromatic heterocycles. The van der Waals surface area contributed by atoms with E-state index in [1.165, 1.54) is 29.7 Å². The van der Waals surface area contributed by atoms with Crippen LogP contribution in [0, 0.1) is 17.0 Å². The highest BCUT2D eigenvalue weighted by molar-refractivity contribution is 7.20. The molecule has 35 heavy (non-hydrogen) atoms. The van der Waals surface area contributed by atoms with Crippen LogP contribution in [0.5, 0.6) is 0 Å². The Labute approximate surface area is 203 Å². The van der Waals surface area contributed by atoms with E-state index in [0.29, 0.717) is 32.5 Å². The number of ether oxygens (including phenoxy) is 1. The van der Waals surface area contributed by atoms with E-state index in [-0.39, 0.29) is 17.9 Å². The third-order valence-corrected chi connectivity index (χ3v) is 6.19. The summed E-state index contributed by atoms with van der Waals surface area (Å²) in [5, 5.41) is 20.8. The topological polar surface area (TPSA) is 141 Å². The van der Waals surface area contributed by atoms with E-state index >= 15 is 0 Å². The highest BCUT2D eigenvalue weighted by atomic mass is 32.1. The van der Waals surface area contributed by atoms with Crippen LogP contribution >= 0.6 is 11.3 Å². The van der Waals surface area contributed by atoms with Crippen molar-refractivity contribution in [2.24, 2.45) is 0 Å². The number of nitrogens with zero attached hydrogens (tertiary/aromatic N) is 4. The van der Waals surface area contributed by atoms with Gasteiger partial charge in [0.25, 0.3) is 5.69 Å². The standard InChI is InChI=1S/C23H20N6O5S/c1-3-34-22(30)19-14(2)20(15-5-8-17(9-6-15)29(32)33)35-21(19)27-23(31)26-16-7-10-18(24-13-16)28-12-4-11-25-28/h4-13H,3H2,1-2H3,(H2,26,27,31). The van der Waals surface area contributed by atoms with Crippen molar-refractivity contribution in [3.63, 3.8) is 0 Å². The second-order valence-corrected chi connectivity index (χ2v) is 8.24. The van der Waals surface area contributed by atoms with Crippen molar-refractivity contribution in [1.29, 1.82) is 0 Å². The molecule has 4 aromatic rings. The van der Waals surface area contributed by atoms with Crippen LogP contribution in [0.4, 0.5) is 21.2 Å². The summed E-state index contributed by atoms with van der Waals surface area (Å²) in [5.41, 5.74) is 1.91. The minimum Gasteiger partial charge on any atom is -0.462 e. The molecule has 0 aliphatic rings. The molecule has 0 bridgehead atoms. The Bertz CT molecular complexity index is 1360. The Kier molecular flexibility index (Phi) is 6.83. The average molecular weight is 493 g/mol. The van der Waals surface area contributed by atoms with Crippen LogP contribution in [0.1, 0.15) is 22.8 Å². The zero-order chi connectivity index (χ0) is 24.9. The van der Waals surface area contributed by atoms with Gasteiger partial charge in [0, 0.05) is 29.4 Å². The van der Waals surface area contributed by atoms with Gasteiger partial charge in [-0.2, -0.15) is 5.10 Å². The molecule has 1 aromatic carbocycles. The second-order valence-electron chi connectivity index (χ2n) is 7.22. The molecule has 0 unspecified atom stereocenters. The van der Waals surface area contributed by atoms with Gasteiger partial charge in [0.2, 0.25) is 0 Å². The maximum absolute atomic E-state index is 12.7. The highest BCUT2D eigenvalue weighted by Crippen LogP contribution is 2.40. The molecule has 0 saturated heterocycles. The summed E-state index contributed by atoms with van der Waals surface area (Å²) in [7, 11) is 0. The lowest BCUT2D eigenvalue weighted by Gasteiger charge is -2.09. The van der Waals surface area contributed by atoms with E-state index in [1.807, 2.05) is 0 Å². The summed E-state index contributed by atoms with van der Waals surface area (Å²) in [5.74, 6) is 0.0159. The molecule has 12 heteroatoms. The van der Waals surface area contributed by atoms with Crippen molar-refractivity contribution >= 4 is 39.7 Å². The zero-order valence-electron chi connectivity index (χ0n) is 18.7. The lowest BCUT2D eigenvalue weighted by molar-refractivity contribution is -0.384. The number of amides is 2. The van der Waals surface area contributed by atoms with Crippen LogP contribution in [0.2, 0.25) is 0 Å². The summed E-state index contributed by atoms with van der Waals surface area (Å²) >= 11 is 1.18. The van der Waals surface area contributed by atoms with Gasteiger partial charge in [0.1, 0.15) is 5.00 Å². The van der Waals surface area contributed by atoms with E-state index < -0.39 is 16.9 Å². The van der Waals surface area contributed by atoms with Crippen molar-refractivity contribution in [1.82, 2.24) is 14.8 Å². The van der Waals surface area contributed by atoms with Gasteiger partial charge in [-0.05, 0) is 55.3 Å². The lowest BCUT2D eigenvalue weighted by atomic mass is 10.1. The normalized spacial score (nSPS) is 10.6.